The van der Waals surface area contributed by atoms with Crippen molar-refractivity contribution in [1.29, 1.82) is 0 Å². The minimum absolute atomic E-state index is 0. The summed E-state index contributed by atoms with van der Waals surface area (Å²) in [6.07, 6.45) is 1.17. The number of nitrogens with zero attached hydrogens (tertiary/aromatic N) is 2. The summed E-state index contributed by atoms with van der Waals surface area (Å²) in [5.74, 6) is 0.104. The predicted octanol–water partition coefficient (Wildman–Crippen LogP) is 11.7. The Morgan fingerprint density at radius 3 is 1.74 bits per heavy atom. The van der Waals surface area contributed by atoms with Crippen molar-refractivity contribution in [2.45, 2.75) is 47.7 Å². The molecule has 1 radical (unpaired) electrons. The molecule has 1 aliphatic rings. The molecule has 0 saturated heterocycles. The number of aliphatic hydroxyl groups excluding tert-OH is 1. The SMILES string of the molecule is CC(C)(C)C(=O)/C=C(\O)C(C)(C)C.[Ir].[c-]1ccccc1C1[N-]c2cccc3c4ccccc4c4ccccc4c4ccccc4n1c23. The maximum absolute atomic E-state index is 11.5. The van der Waals surface area contributed by atoms with Crippen molar-refractivity contribution in [3.8, 4) is 0 Å². The standard InChI is InChI=1S/C31H20N2.C11H20O2.Ir/c1-2-11-21(12-3-1)31-32-28-19-10-18-27-25-16-7-5-14-23(25)22-13-4-6-15-24(22)26-17-8-9-20-29(26)33(31)30(27)28;1-10(2,3)8(12)7-9(13)11(4,5)6;/h1-11,13-20,31H;7,12H,1-6H3;/q-2;;/b;8-7-;. The number of fused-ring (bicyclic) bond motifs is 7. The normalized spacial score (nSPS) is 14.3. The molecule has 4 nitrogen and oxygen atoms in total. The molecule has 0 bridgehead atoms. The van der Waals surface area contributed by atoms with E-state index in [2.05, 4.69) is 114 Å². The van der Waals surface area contributed by atoms with Crippen molar-refractivity contribution in [3.63, 3.8) is 0 Å². The van der Waals surface area contributed by atoms with Gasteiger partial charge in [0.1, 0.15) is 5.76 Å². The Morgan fingerprint density at radius 2 is 1.19 bits per heavy atom. The third-order valence-electron chi connectivity index (χ3n) is 8.44. The van der Waals surface area contributed by atoms with Crippen molar-refractivity contribution in [2.75, 3.05) is 0 Å². The molecule has 6 aromatic rings. The number of allylic oxidation sites excluding steroid dienone is 2. The van der Waals surface area contributed by atoms with E-state index in [1.807, 2.05) is 53.7 Å². The molecule has 241 valence electrons. The van der Waals surface area contributed by atoms with Gasteiger partial charge in [0.2, 0.25) is 0 Å². The number of aromatic nitrogens is 1. The Hall–Kier alpha value is -4.44. The van der Waals surface area contributed by atoms with Crippen LogP contribution in [0.15, 0.2) is 127 Å². The van der Waals surface area contributed by atoms with Crippen LogP contribution in [0.2, 0.25) is 0 Å². The van der Waals surface area contributed by atoms with Crippen LogP contribution in [-0.2, 0) is 24.9 Å². The summed E-state index contributed by atoms with van der Waals surface area (Å²) < 4.78 is 2.41. The van der Waals surface area contributed by atoms with E-state index < -0.39 is 5.41 Å². The number of hydrogen-bond acceptors (Lipinski definition) is 2. The topological polar surface area (TPSA) is 56.3 Å². The van der Waals surface area contributed by atoms with Crippen LogP contribution in [0.5, 0.6) is 0 Å². The zero-order chi connectivity index (χ0) is 32.6. The van der Waals surface area contributed by atoms with Gasteiger partial charge in [0, 0.05) is 58.8 Å². The summed E-state index contributed by atoms with van der Waals surface area (Å²) in [5.41, 5.74) is 3.64. The maximum atomic E-state index is 11.5. The minimum atomic E-state index is -0.417. The van der Waals surface area contributed by atoms with Crippen molar-refractivity contribution >= 4 is 54.8 Å². The number of benzene rings is 5. The van der Waals surface area contributed by atoms with Crippen molar-refractivity contribution in [3.05, 3.63) is 144 Å². The van der Waals surface area contributed by atoms with E-state index in [0.29, 0.717) is 0 Å². The van der Waals surface area contributed by atoms with Gasteiger partial charge in [-0.05, 0) is 33.8 Å². The molecule has 1 unspecified atom stereocenters. The maximum Gasteiger partial charge on any atom is 0.164 e. The number of para-hydroxylation sites is 2. The Balaban J connectivity index is 0.000000267. The molecule has 2 heterocycles. The molecule has 1 atom stereocenters. The van der Waals surface area contributed by atoms with Gasteiger partial charge in [-0.3, -0.25) is 4.79 Å². The fraction of sp³-hybridized carbons (Fsp3) is 0.214. The van der Waals surface area contributed by atoms with Crippen LogP contribution in [0.4, 0.5) is 5.69 Å². The molecule has 7 rings (SSSR count). The summed E-state index contributed by atoms with van der Waals surface area (Å²) in [7, 11) is 0. The van der Waals surface area contributed by atoms with Gasteiger partial charge in [0.15, 0.2) is 5.78 Å². The average Bonchev–Trinajstić information content (AvgIpc) is 3.45. The molecule has 47 heavy (non-hydrogen) atoms. The molecule has 0 saturated carbocycles. The van der Waals surface area contributed by atoms with Crippen LogP contribution in [0, 0.1) is 16.9 Å². The van der Waals surface area contributed by atoms with Gasteiger partial charge in [-0.25, -0.2) is 0 Å². The largest absolute Gasteiger partial charge is 0.661 e. The summed E-state index contributed by atoms with van der Waals surface area (Å²) in [6.45, 7) is 11.1. The van der Waals surface area contributed by atoms with Crippen LogP contribution in [0.3, 0.4) is 0 Å². The van der Waals surface area contributed by atoms with Crippen LogP contribution in [0.1, 0.15) is 53.3 Å². The van der Waals surface area contributed by atoms with E-state index in [4.69, 9.17) is 5.32 Å². The molecule has 1 aromatic heterocycles. The number of aliphatic hydroxyl groups is 1. The smallest absolute Gasteiger partial charge is 0.164 e. The van der Waals surface area contributed by atoms with Gasteiger partial charge in [-0.2, -0.15) is 35.9 Å². The van der Waals surface area contributed by atoms with E-state index in [0.717, 1.165) is 22.3 Å². The Bertz CT molecular complexity index is 2180. The third-order valence-corrected chi connectivity index (χ3v) is 8.44. The second-order valence-corrected chi connectivity index (χ2v) is 13.9. The van der Waals surface area contributed by atoms with Crippen molar-refractivity contribution in [2.24, 2.45) is 10.8 Å². The van der Waals surface area contributed by atoms with E-state index >= 15 is 0 Å². The third kappa shape index (κ3) is 6.70. The molecular weight excluding hydrogens is 757 g/mol. The van der Waals surface area contributed by atoms with Gasteiger partial charge < -0.3 is 15.0 Å². The molecule has 0 fully saturated rings. The van der Waals surface area contributed by atoms with Crippen molar-refractivity contribution < 1.29 is 30.0 Å². The number of hydrogen-bond donors (Lipinski definition) is 1. The van der Waals surface area contributed by atoms with Crippen molar-refractivity contribution in [1.82, 2.24) is 4.57 Å². The second kappa shape index (κ2) is 13.4. The number of rotatable bonds is 2. The van der Waals surface area contributed by atoms with E-state index in [-0.39, 0.29) is 43.2 Å². The fourth-order valence-electron chi connectivity index (χ4n) is 5.82. The van der Waals surface area contributed by atoms with Gasteiger partial charge >= 0.3 is 0 Å². The van der Waals surface area contributed by atoms with E-state index in [1.165, 1.54) is 38.4 Å². The Morgan fingerprint density at radius 1 is 0.681 bits per heavy atom. The predicted molar refractivity (Wildman–Crippen MR) is 193 cm³/mol. The minimum Gasteiger partial charge on any atom is -0.661 e. The Labute approximate surface area is 290 Å². The second-order valence-electron chi connectivity index (χ2n) is 13.9. The number of ketones is 1. The molecule has 1 aliphatic heterocycles. The first-order chi connectivity index (χ1) is 21.9. The zero-order valence-electron chi connectivity index (χ0n) is 27.7. The first kappa shape index (κ1) is 33.9. The summed E-state index contributed by atoms with van der Waals surface area (Å²) in [5, 5.41) is 22.1. The monoisotopic (exact) mass is 797 g/mol. The van der Waals surface area contributed by atoms with E-state index in [1.54, 1.807) is 0 Å². The summed E-state index contributed by atoms with van der Waals surface area (Å²) in [6, 6.07) is 44.3. The van der Waals surface area contributed by atoms with Gasteiger partial charge in [0.25, 0.3) is 0 Å². The van der Waals surface area contributed by atoms with Gasteiger partial charge in [0.05, 0.1) is 0 Å². The number of carbonyl (C=O) groups is 1. The molecule has 5 heteroatoms. The van der Waals surface area contributed by atoms with Gasteiger partial charge in [-0.15, -0.1) is 5.69 Å². The summed E-state index contributed by atoms with van der Waals surface area (Å²) in [4.78, 5) is 11.5. The van der Waals surface area contributed by atoms with Crippen LogP contribution in [-0.4, -0.2) is 15.5 Å². The average molecular weight is 797 g/mol. The molecule has 0 amide bonds. The van der Waals surface area contributed by atoms with Gasteiger partial charge in [-0.1, -0.05) is 126 Å². The first-order valence-electron chi connectivity index (χ1n) is 15.8. The van der Waals surface area contributed by atoms with Crippen LogP contribution < -0.4 is 0 Å². The van der Waals surface area contributed by atoms with E-state index in [9.17, 15) is 9.90 Å². The quantitative estimate of drug-likeness (QED) is 0.108. The molecule has 0 spiro atoms. The fourth-order valence-corrected chi connectivity index (χ4v) is 5.82. The first-order valence-corrected chi connectivity index (χ1v) is 15.8. The Kier molecular flexibility index (Phi) is 9.63. The molecular formula is C42H40IrN2O2-2. The number of carbonyl (C=O) groups excluding carboxylic acids is 1. The molecule has 0 aliphatic carbocycles. The molecule has 5 aromatic carbocycles. The van der Waals surface area contributed by atoms with Crippen LogP contribution >= 0.6 is 0 Å². The molecule has 1 N–H and O–H groups in total. The van der Waals surface area contributed by atoms with Crippen LogP contribution in [0.25, 0.3) is 48.7 Å². The zero-order valence-corrected chi connectivity index (χ0v) is 30.1. The summed E-state index contributed by atoms with van der Waals surface area (Å²) >= 11 is 0.